The monoisotopic (exact) mass is 299 g/mol. The first-order valence-electron chi connectivity index (χ1n) is 6.38. The Bertz CT molecular complexity index is 698. The van der Waals surface area contributed by atoms with Gasteiger partial charge < -0.3 is 11.1 Å². The molecular formula is C15H13N3O4. The summed E-state index contributed by atoms with van der Waals surface area (Å²) in [6.07, 6.45) is 0. The van der Waals surface area contributed by atoms with E-state index in [0.29, 0.717) is 5.56 Å². The zero-order valence-electron chi connectivity index (χ0n) is 11.4. The molecule has 1 unspecified atom stereocenters. The smallest absolute Gasteiger partial charge is 0.269 e. The van der Waals surface area contributed by atoms with Crippen LogP contribution < -0.4 is 11.1 Å². The van der Waals surface area contributed by atoms with E-state index in [1.54, 1.807) is 30.3 Å². The van der Waals surface area contributed by atoms with Crippen LogP contribution in [0.15, 0.2) is 54.6 Å². The summed E-state index contributed by atoms with van der Waals surface area (Å²) in [5, 5.41) is 13.1. The fraction of sp³-hybridized carbons (Fsp3) is 0.0667. The summed E-state index contributed by atoms with van der Waals surface area (Å²) in [4.78, 5) is 33.7. The lowest BCUT2D eigenvalue weighted by Gasteiger charge is -2.15. The van der Waals surface area contributed by atoms with Crippen molar-refractivity contribution in [3.05, 3.63) is 75.8 Å². The van der Waals surface area contributed by atoms with Crippen LogP contribution in [0.25, 0.3) is 0 Å². The Hall–Kier alpha value is -3.22. The molecule has 0 fully saturated rings. The molecule has 0 aliphatic rings. The minimum absolute atomic E-state index is 0.119. The summed E-state index contributed by atoms with van der Waals surface area (Å²) in [6, 6.07) is 12.7. The lowest BCUT2D eigenvalue weighted by molar-refractivity contribution is -0.384. The van der Waals surface area contributed by atoms with Gasteiger partial charge in [-0.05, 0) is 17.7 Å². The third-order valence-corrected chi connectivity index (χ3v) is 3.03. The summed E-state index contributed by atoms with van der Waals surface area (Å²) in [7, 11) is 0. The number of hydrogen-bond donors (Lipinski definition) is 2. The first-order chi connectivity index (χ1) is 10.5. The highest BCUT2D eigenvalue weighted by Crippen LogP contribution is 2.15. The average molecular weight is 299 g/mol. The van der Waals surface area contributed by atoms with Crippen molar-refractivity contribution in [3.8, 4) is 0 Å². The van der Waals surface area contributed by atoms with Crippen molar-refractivity contribution in [2.75, 3.05) is 0 Å². The van der Waals surface area contributed by atoms with Gasteiger partial charge in [0.15, 0.2) is 0 Å². The van der Waals surface area contributed by atoms with Crippen LogP contribution in [0, 0.1) is 10.1 Å². The lowest BCUT2D eigenvalue weighted by Crippen LogP contribution is -2.37. The number of carbonyl (C=O) groups excluding carboxylic acids is 2. The van der Waals surface area contributed by atoms with Crippen LogP contribution in [0.5, 0.6) is 0 Å². The zero-order chi connectivity index (χ0) is 16.1. The Morgan fingerprint density at radius 3 is 2.14 bits per heavy atom. The number of amides is 2. The standard InChI is InChI=1S/C15H13N3O4/c16-14(19)13(10-4-2-1-3-5-10)17-15(20)11-6-8-12(9-7-11)18(21)22/h1-9,13H,(H2,16,19)(H,17,20). The second kappa shape index (κ2) is 6.49. The number of non-ortho nitro benzene ring substituents is 1. The number of benzene rings is 2. The Morgan fingerprint density at radius 2 is 1.64 bits per heavy atom. The summed E-state index contributed by atoms with van der Waals surface area (Å²) in [5.74, 6) is -1.23. The number of nitrogens with zero attached hydrogens (tertiary/aromatic N) is 1. The molecule has 0 saturated heterocycles. The highest BCUT2D eigenvalue weighted by Gasteiger charge is 2.21. The number of rotatable bonds is 5. The topological polar surface area (TPSA) is 115 Å². The highest BCUT2D eigenvalue weighted by molar-refractivity contribution is 5.97. The second-order valence-corrected chi connectivity index (χ2v) is 4.52. The maximum absolute atomic E-state index is 12.1. The highest BCUT2D eigenvalue weighted by atomic mass is 16.6. The van der Waals surface area contributed by atoms with E-state index in [9.17, 15) is 19.7 Å². The quantitative estimate of drug-likeness (QED) is 0.643. The van der Waals surface area contributed by atoms with Crippen LogP contribution in [-0.4, -0.2) is 16.7 Å². The van der Waals surface area contributed by atoms with E-state index in [0.717, 1.165) is 0 Å². The third-order valence-electron chi connectivity index (χ3n) is 3.03. The lowest BCUT2D eigenvalue weighted by atomic mass is 10.1. The largest absolute Gasteiger partial charge is 0.368 e. The molecule has 1 atom stereocenters. The number of nitrogens with two attached hydrogens (primary N) is 1. The van der Waals surface area contributed by atoms with Crippen molar-refractivity contribution in [1.82, 2.24) is 5.32 Å². The van der Waals surface area contributed by atoms with Crippen LogP contribution in [0.3, 0.4) is 0 Å². The van der Waals surface area contributed by atoms with Gasteiger partial charge in [0.1, 0.15) is 6.04 Å². The molecule has 2 aromatic rings. The van der Waals surface area contributed by atoms with Crippen molar-refractivity contribution >= 4 is 17.5 Å². The van der Waals surface area contributed by atoms with Crippen LogP contribution >= 0.6 is 0 Å². The van der Waals surface area contributed by atoms with Gasteiger partial charge in [-0.3, -0.25) is 19.7 Å². The van der Waals surface area contributed by atoms with Gasteiger partial charge in [-0.25, -0.2) is 0 Å². The SMILES string of the molecule is NC(=O)C(NC(=O)c1ccc([N+](=O)[O-])cc1)c1ccccc1. The molecule has 22 heavy (non-hydrogen) atoms. The normalized spacial score (nSPS) is 11.5. The number of nitrogens with one attached hydrogen (secondary N) is 1. The predicted octanol–water partition coefficient (Wildman–Crippen LogP) is 1.55. The van der Waals surface area contributed by atoms with E-state index in [2.05, 4.69) is 5.32 Å². The number of hydrogen-bond acceptors (Lipinski definition) is 4. The van der Waals surface area contributed by atoms with Gasteiger partial charge in [0.2, 0.25) is 5.91 Å². The molecule has 0 spiro atoms. The molecule has 2 rings (SSSR count). The van der Waals surface area contributed by atoms with Gasteiger partial charge in [0, 0.05) is 17.7 Å². The fourth-order valence-electron chi connectivity index (χ4n) is 1.91. The maximum atomic E-state index is 12.1. The van der Waals surface area contributed by atoms with Crippen LogP contribution in [0.1, 0.15) is 22.0 Å². The number of carbonyl (C=O) groups is 2. The van der Waals surface area contributed by atoms with Gasteiger partial charge in [-0.1, -0.05) is 30.3 Å². The van der Waals surface area contributed by atoms with Gasteiger partial charge in [0.05, 0.1) is 4.92 Å². The summed E-state index contributed by atoms with van der Waals surface area (Å²) < 4.78 is 0. The van der Waals surface area contributed by atoms with Gasteiger partial charge >= 0.3 is 0 Å². The van der Waals surface area contributed by atoms with Crippen molar-refractivity contribution in [2.45, 2.75) is 6.04 Å². The van der Waals surface area contributed by atoms with Gasteiger partial charge in [-0.15, -0.1) is 0 Å². The Kier molecular flexibility index (Phi) is 4.47. The van der Waals surface area contributed by atoms with Crippen molar-refractivity contribution in [3.63, 3.8) is 0 Å². The van der Waals surface area contributed by atoms with Crippen LogP contribution in [0.4, 0.5) is 5.69 Å². The third kappa shape index (κ3) is 3.45. The van der Waals surface area contributed by atoms with Crippen molar-refractivity contribution < 1.29 is 14.5 Å². The molecule has 2 aromatic carbocycles. The minimum Gasteiger partial charge on any atom is -0.368 e. The molecule has 112 valence electrons. The van der Waals surface area contributed by atoms with Gasteiger partial charge in [0.25, 0.3) is 11.6 Å². The first-order valence-corrected chi connectivity index (χ1v) is 6.38. The molecule has 0 aliphatic carbocycles. The van der Waals surface area contributed by atoms with Gasteiger partial charge in [-0.2, -0.15) is 0 Å². The molecule has 0 aliphatic heterocycles. The first kappa shape index (κ1) is 15.2. The van der Waals surface area contributed by atoms with E-state index in [1.807, 2.05) is 0 Å². The molecule has 7 nitrogen and oxygen atoms in total. The summed E-state index contributed by atoms with van der Waals surface area (Å²) >= 11 is 0. The second-order valence-electron chi connectivity index (χ2n) is 4.52. The predicted molar refractivity (Wildman–Crippen MR) is 78.9 cm³/mol. The number of nitro benzene ring substituents is 1. The molecule has 0 bridgehead atoms. The maximum Gasteiger partial charge on any atom is 0.269 e. The van der Waals surface area contributed by atoms with E-state index in [1.165, 1.54) is 24.3 Å². The van der Waals surface area contributed by atoms with E-state index < -0.39 is 22.8 Å². The van der Waals surface area contributed by atoms with E-state index >= 15 is 0 Å². The van der Waals surface area contributed by atoms with E-state index in [-0.39, 0.29) is 11.3 Å². The van der Waals surface area contributed by atoms with Crippen molar-refractivity contribution in [2.24, 2.45) is 5.73 Å². The Labute approximate surface area is 125 Å². The molecule has 0 radical (unpaired) electrons. The van der Waals surface area contributed by atoms with Crippen LogP contribution in [-0.2, 0) is 4.79 Å². The summed E-state index contributed by atoms with van der Waals surface area (Å²) in [5.41, 5.74) is 5.96. The summed E-state index contributed by atoms with van der Waals surface area (Å²) in [6.45, 7) is 0. The minimum atomic E-state index is -0.969. The zero-order valence-corrected chi connectivity index (χ0v) is 11.4. The average Bonchev–Trinajstić information content (AvgIpc) is 2.53. The molecule has 0 aromatic heterocycles. The molecule has 7 heteroatoms. The number of nitro groups is 1. The van der Waals surface area contributed by atoms with Crippen molar-refractivity contribution in [1.29, 1.82) is 0 Å². The number of primary amides is 1. The van der Waals surface area contributed by atoms with E-state index in [4.69, 9.17) is 5.73 Å². The molecule has 0 heterocycles. The molecule has 2 amide bonds. The van der Waals surface area contributed by atoms with Crippen LogP contribution in [0.2, 0.25) is 0 Å². The molecular weight excluding hydrogens is 286 g/mol. The fourth-order valence-corrected chi connectivity index (χ4v) is 1.91. The molecule has 3 N–H and O–H groups in total. The molecule has 0 saturated carbocycles. The Morgan fingerprint density at radius 1 is 1.05 bits per heavy atom. The Balaban J connectivity index is 2.18.